The van der Waals surface area contributed by atoms with Gasteiger partial charge in [0.05, 0.1) is 5.75 Å². The van der Waals surface area contributed by atoms with Gasteiger partial charge < -0.3 is 5.32 Å². The van der Waals surface area contributed by atoms with E-state index in [2.05, 4.69) is 5.32 Å². The number of rotatable bonds is 5. The summed E-state index contributed by atoms with van der Waals surface area (Å²) in [6.45, 7) is 1.74. The summed E-state index contributed by atoms with van der Waals surface area (Å²) < 4.78 is 59.6. The second kappa shape index (κ2) is 5.98. The third kappa shape index (κ3) is 6.81. The van der Waals surface area contributed by atoms with Crippen molar-refractivity contribution < 1.29 is 21.6 Å². The molecule has 102 valence electrons. The lowest BCUT2D eigenvalue weighted by Gasteiger charge is -2.26. The minimum atomic E-state index is -4.51. The maximum Gasteiger partial charge on any atom is 0.402 e. The zero-order valence-electron chi connectivity index (χ0n) is 9.26. The zero-order valence-corrected chi connectivity index (χ0v) is 10.1. The van der Waals surface area contributed by atoms with Crippen molar-refractivity contribution in [2.75, 3.05) is 45.0 Å². The Morgan fingerprint density at radius 3 is 2.35 bits per heavy atom. The molecule has 0 unspecified atom stereocenters. The molecular formula is C8H16F3N3O2S. The van der Waals surface area contributed by atoms with Gasteiger partial charge in [-0.05, 0) is 0 Å². The lowest BCUT2D eigenvalue weighted by Crippen LogP contribution is -2.46. The fourth-order valence-corrected chi connectivity index (χ4v) is 2.47. The average molecular weight is 275 g/mol. The second-order valence-corrected chi connectivity index (χ2v) is 5.77. The first kappa shape index (κ1) is 14.7. The number of halogens is 3. The zero-order chi connectivity index (χ0) is 12.9. The van der Waals surface area contributed by atoms with Crippen LogP contribution < -0.4 is 10.0 Å². The summed E-state index contributed by atoms with van der Waals surface area (Å²) in [7, 11) is -3.85. The lowest BCUT2D eigenvalue weighted by atomic mass is 10.4. The van der Waals surface area contributed by atoms with Gasteiger partial charge in [0.2, 0.25) is 10.0 Å². The third-order valence-corrected chi connectivity index (χ3v) is 3.68. The number of nitrogens with zero attached hydrogens (tertiary/aromatic N) is 1. The lowest BCUT2D eigenvalue weighted by molar-refractivity contribution is -0.121. The molecule has 5 nitrogen and oxygen atoms in total. The van der Waals surface area contributed by atoms with Gasteiger partial charge in [-0.3, -0.25) is 4.90 Å². The van der Waals surface area contributed by atoms with Crippen LogP contribution in [0.1, 0.15) is 0 Å². The molecule has 9 heteroatoms. The van der Waals surface area contributed by atoms with E-state index in [0.29, 0.717) is 0 Å². The standard InChI is InChI=1S/C8H16F3N3O2S/c9-8(10,11)7-13-17(15,16)6-5-14-3-1-12-2-4-14/h12-13H,1-7H2. The highest BCUT2D eigenvalue weighted by atomic mass is 32.2. The molecule has 1 aliphatic heterocycles. The summed E-state index contributed by atoms with van der Waals surface area (Å²) in [4.78, 5) is 1.91. The van der Waals surface area contributed by atoms with Gasteiger partial charge in [-0.15, -0.1) is 0 Å². The maximum atomic E-state index is 11.8. The molecule has 0 aromatic carbocycles. The summed E-state index contributed by atoms with van der Waals surface area (Å²) in [5.41, 5.74) is 0. The molecule has 1 saturated heterocycles. The minimum absolute atomic E-state index is 0.259. The summed E-state index contributed by atoms with van der Waals surface area (Å²) in [5, 5.41) is 3.10. The highest BCUT2D eigenvalue weighted by molar-refractivity contribution is 7.89. The number of piperazine rings is 1. The second-order valence-electron chi connectivity index (χ2n) is 3.85. The van der Waals surface area contributed by atoms with Gasteiger partial charge in [-0.1, -0.05) is 0 Å². The predicted octanol–water partition coefficient (Wildman–Crippen LogP) is -0.627. The molecule has 1 rings (SSSR count). The molecule has 0 saturated carbocycles. The largest absolute Gasteiger partial charge is 0.402 e. The SMILES string of the molecule is O=S(=O)(CCN1CCNCC1)NCC(F)(F)F. The quantitative estimate of drug-likeness (QED) is 0.701. The summed E-state index contributed by atoms with van der Waals surface area (Å²) in [6, 6.07) is 0. The Hall–Kier alpha value is -0.380. The highest BCUT2D eigenvalue weighted by Gasteiger charge is 2.29. The van der Waals surface area contributed by atoms with Crippen LogP contribution in [0.15, 0.2) is 0 Å². The van der Waals surface area contributed by atoms with E-state index in [9.17, 15) is 21.6 Å². The molecule has 1 aliphatic rings. The normalized spacial score (nSPS) is 19.5. The Morgan fingerprint density at radius 2 is 1.82 bits per heavy atom. The predicted molar refractivity (Wildman–Crippen MR) is 57.2 cm³/mol. The minimum Gasteiger partial charge on any atom is -0.314 e. The summed E-state index contributed by atoms with van der Waals surface area (Å²) >= 11 is 0. The van der Waals surface area contributed by atoms with E-state index in [1.54, 1.807) is 4.72 Å². The van der Waals surface area contributed by atoms with Crippen LogP contribution in [0.4, 0.5) is 13.2 Å². The van der Waals surface area contributed by atoms with E-state index in [0.717, 1.165) is 26.2 Å². The highest BCUT2D eigenvalue weighted by Crippen LogP contribution is 2.12. The summed E-state index contributed by atoms with van der Waals surface area (Å²) in [5.74, 6) is -0.302. The molecule has 0 radical (unpaired) electrons. The first-order valence-corrected chi connectivity index (χ1v) is 6.91. The number of sulfonamides is 1. The van der Waals surface area contributed by atoms with Crippen LogP contribution in [0.2, 0.25) is 0 Å². The van der Waals surface area contributed by atoms with E-state index >= 15 is 0 Å². The van der Waals surface area contributed by atoms with E-state index < -0.39 is 22.7 Å². The van der Waals surface area contributed by atoms with Crippen LogP contribution in [0, 0.1) is 0 Å². The molecule has 0 spiro atoms. The van der Waals surface area contributed by atoms with Crippen LogP contribution in [-0.4, -0.2) is 64.5 Å². The fourth-order valence-electron chi connectivity index (χ4n) is 1.45. The number of hydrogen-bond acceptors (Lipinski definition) is 4. The molecular weight excluding hydrogens is 259 g/mol. The molecule has 0 amide bonds. The van der Waals surface area contributed by atoms with Gasteiger partial charge in [0.15, 0.2) is 0 Å². The molecule has 0 aromatic heterocycles. The number of nitrogens with one attached hydrogen (secondary N) is 2. The molecule has 0 aromatic rings. The van der Waals surface area contributed by atoms with Gasteiger partial charge in [0.25, 0.3) is 0 Å². The number of hydrogen-bond donors (Lipinski definition) is 2. The molecule has 0 atom stereocenters. The molecule has 0 bridgehead atoms. The van der Waals surface area contributed by atoms with Crippen molar-refractivity contribution in [3.8, 4) is 0 Å². The van der Waals surface area contributed by atoms with E-state index in [1.807, 2.05) is 4.90 Å². The van der Waals surface area contributed by atoms with Crippen molar-refractivity contribution in [2.45, 2.75) is 6.18 Å². The van der Waals surface area contributed by atoms with E-state index in [1.165, 1.54) is 0 Å². The van der Waals surface area contributed by atoms with Crippen LogP contribution >= 0.6 is 0 Å². The first-order valence-electron chi connectivity index (χ1n) is 5.26. The Kier molecular flexibility index (Phi) is 5.17. The van der Waals surface area contributed by atoms with E-state index in [-0.39, 0.29) is 12.3 Å². The van der Waals surface area contributed by atoms with Crippen LogP contribution in [-0.2, 0) is 10.0 Å². The van der Waals surface area contributed by atoms with Gasteiger partial charge in [-0.2, -0.15) is 13.2 Å². The average Bonchev–Trinajstić information content (AvgIpc) is 2.25. The van der Waals surface area contributed by atoms with Crippen molar-refractivity contribution in [3.05, 3.63) is 0 Å². The first-order chi connectivity index (χ1) is 7.79. The van der Waals surface area contributed by atoms with Crippen LogP contribution in [0.5, 0.6) is 0 Å². The Morgan fingerprint density at radius 1 is 1.24 bits per heavy atom. The van der Waals surface area contributed by atoms with Crippen LogP contribution in [0.25, 0.3) is 0 Å². The third-order valence-electron chi connectivity index (χ3n) is 2.38. The van der Waals surface area contributed by atoms with Gasteiger partial charge in [0.1, 0.15) is 6.54 Å². The van der Waals surface area contributed by atoms with Gasteiger partial charge in [0, 0.05) is 32.7 Å². The Balaban J connectivity index is 2.28. The Bertz CT molecular complexity index is 325. The van der Waals surface area contributed by atoms with Crippen molar-refractivity contribution in [2.24, 2.45) is 0 Å². The number of alkyl halides is 3. The van der Waals surface area contributed by atoms with Gasteiger partial charge in [-0.25, -0.2) is 13.1 Å². The Labute approximate surface area is 98.4 Å². The fraction of sp³-hybridized carbons (Fsp3) is 1.00. The van der Waals surface area contributed by atoms with E-state index in [4.69, 9.17) is 0 Å². The monoisotopic (exact) mass is 275 g/mol. The van der Waals surface area contributed by atoms with Crippen molar-refractivity contribution in [1.29, 1.82) is 0 Å². The molecule has 1 heterocycles. The maximum absolute atomic E-state index is 11.8. The molecule has 17 heavy (non-hydrogen) atoms. The van der Waals surface area contributed by atoms with Crippen LogP contribution in [0.3, 0.4) is 0 Å². The topological polar surface area (TPSA) is 61.4 Å². The summed E-state index contributed by atoms with van der Waals surface area (Å²) in [6.07, 6.45) is -4.51. The molecule has 0 aliphatic carbocycles. The molecule has 1 fully saturated rings. The smallest absolute Gasteiger partial charge is 0.314 e. The molecule has 2 N–H and O–H groups in total. The van der Waals surface area contributed by atoms with Crippen molar-refractivity contribution in [3.63, 3.8) is 0 Å². The van der Waals surface area contributed by atoms with Crippen molar-refractivity contribution >= 4 is 10.0 Å². The van der Waals surface area contributed by atoms with Gasteiger partial charge >= 0.3 is 6.18 Å². The van der Waals surface area contributed by atoms with Crippen molar-refractivity contribution in [1.82, 2.24) is 14.9 Å².